The SMILES string of the molecule is Cn1cc(-c2cccc(C(=O)Nc3nc(CCCC(=O)N4CCCC(N)C4)cn3-c3ccccc3)c2)cn1. The summed E-state index contributed by atoms with van der Waals surface area (Å²) in [6.45, 7) is 1.42. The van der Waals surface area contributed by atoms with Crippen LogP contribution in [0.5, 0.6) is 0 Å². The first-order chi connectivity index (χ1) is 18.5. The van der Waals surface area contributed by atoms with Crippen LogP contribution in [0.4, 0.5) is 5.95 Å². The van der Waals surface area contributed by atoms with Gasteiger partial charge in [-0.3, -0.25) is 24.2 Å². The average molecular weight is 512 g/mol. The lowest BCUT2D eigenvalue weighted by Gasteiger charge is -2.30. The first-order valence-corrected chi connectivity index (χ1v) is 13.0. The Morgan fingerprint density at radius 3 is 2.68 bits per heavy atom. The fraction of sp³-hybridized carbons (Fsp3) is 0.310. The third-order valence-electron chi connectivity index (χ3n) is 6.81. The van der Waals surface area contributed by atoms with Crippen LogP contribution in [0.2, 0.25) is 0 Å². The highest BCUT2D eigenvalue weighted by Gasteiger charge is 2.21. The number of likely N-dealkylation sites (tertiary alicyclic amines) is 1. The van der Waals surface area contributed by atoms with Crippen LogP contribution in [-0.2, 0) is 18.3 Å². The number of rotatable bonds is 8. The predicted molar refractivity (Wildman–Crippen MR) is 147 cm³/mol. The minimum absolute atomic E-state index is 0.0745. The molecule has 1 aliphatic heterocycles. The normalized spacial score (nSPS) is 15.4. The van der Waals surface area contributed by atoms with Gasteiger partial charge in [-0.2, -0.15) is 5.10 Å². The third-order valence-corrected chi connectivity index (χ3v) is 6.81. The van der Waals surface area contributed by atoms with Gasteiger partial charge in [0.25, 0.3) is 5.91 Å². The molecule has 1 saturated heterocycles. The molecular formula is C29H33N7O2. The molecule has 2 amide bonds. The molecule has 5 rings (SSSR count). The number of nitrogens with two attached hydrogens (primary N) is 1. The number of piperidine rings is 1. The number of para-hydroxylation sites is 1. The van der Waals surface area contributed by atoms with E-state index in [1.807, 2.05) is 77.4 Å². The first-order valence-electron chi connectivity index (χ1n) is 13.0. The Kier molecular flexibility index (Phi) is 7.65. The summed E-state index contributed by atoms with van der Waals surface area (Å²) < 4.78 is 3.61. The molecule has 1 fully saturated rings. The second-order valence-corrected chi connectivity index (χ2v) is 9.79. The van der Waals surface area contributed by atoms with Crippen LogP contribution in [0.1, 0.15) is 41.7 Å². The summed E-state index contributed by atoms with van der Waals surface area (Å²) in [5.41, 5.74) is 10.1. The third kappa shape index (κ3) is 6.00. The molecule has 196 valence electrons. The number of hydrogen-bond donors (Lipinski definition) is 2. The minimum Gasteiger partial charge on any atom is -0.341 e. The van der Waals surface area contributed by atoms with Crippen LogP contribution >= 0.6 is 0 Å². The zero-order valence-corrected chi connectivity index (χ0v) is 21.6. The molecule has 0 saturated carbocycles. The van der Waals surface area contributed by atoms with Crippen molar-refractivity contribution in [3.63, 3.8) is 0 Å². The zero-order valence-electron chi connectivity index (χ0n) is 21.6. The molecule has 3 N–H and O–H groups in total. The average Bonchev–Trinajstić information content (AvgIpc) is 3.55. The summed E-state index contributed by atoms with van der Waals surface area (Å²) in [4.78, 5) is 32.5. The first kappa shape index (κ1) is 25.4. The number of amides is 2. The highest BCUT2D eigenvalue weighted by molar-refractivity contribution is 6.04. The molecule has 2 aromatic heterocycles. The van der Waals surface area contributed by atoms with E-state index in [1.165, 1.54) is 0 Å². The Morgan fingerprint density at radius 1 is 1.08 bits per heavy atom. The highest BCUT2D eigenvalue weighted by atomic mass is 16.2. The summed E-state index contributed by atoms with van der Waals surface area (Å²) in [7, 11) is 1.86. The van der Waals surface area contributed by atoms with E-state index in [0.717, 1.165) is 41.9 Å². The van der Waals surface area contributed by atoms with Gasteiger partial charge in [0.1, 0.15) is 0 Å². The van der Waals surface area contributed by atoms with E-state index in [-0.39, 0.29) is 17.9 Å². The van der Waals surface area contributed by atoms with Gasteiger partial charge in [-0.05, 0) is 55.5 Å². The van der Waals surface area contributed by atoms with Crippen LogP contribution in [0, 0.1) is 0 Å². The number of aryl methyl sites for hydroxylation is 2. The maximum atomic E-state index is 13.3. The van der Waals surface area contributed by atoms with Crippen molar-refractivity contribution in [3.8, 4) is 16.8 Å². The van der Waals surface area contributed by atoms with Gasteiger partial charge >= 0.3 is 0 Å². The van der Waals surface area contributed by atoms with Crippen molar-refractivity contribution in [2.24, 2.45) is 12.8 Å². The van der Waals surface area contributed by atoms with E-state index in [4.69, 9.17) is 10.7 Å². The van der Waals surface area contributed by atoms with Crippen molar-refractivity contribution >= 4 is 17.8 Å². The molecule has 1 atom stereocenters. The zero-order chi connectivity index (χ0) is 26.5. The van der Waals surface area contributed by atoms with E-state index in [2.05, 4.69) is 10.4 Å². The van der Waals surface area contributed by atoms with Gasteiger partial charge in [-0.1, -0.05) is 30.3 Å². The highest BCUT2D eigenvalue weighted by Crippen LogP contribution is 2.22. The number of nitrogens with one attached hydrogen (secondary N) is 1. The summed E-state index contributed by atoms with van der Waals surface area (Å²) in [6, 6.07) is 17.3. The Balaban J connectivity index is 1.30. The molecule has 0 bridgehead atoms. The predicted octanol–water partition coefficient (Wildman–Crippen LogP) is 3.80. The van der Waals surface area contributed by atoms with E-state index in [1.54, 1.807) is 16.9 Å². The lowest BCUT2D eigenvalue weighted by atomic mass is 10.1. The second kappa shape index (κ2) is 11.4. The Bertz CT molecular complexity index is 1410. The van der Waals surface area contributed by atoms with Gasteiger partial charge in [0.05, 0.1) is 11.9 Å². The van der Waals surface area contributed by atoms with Crippen molar-refractivity contribution in [2.45, 2.75) is 38.1 Å². The van der Waals surface area contributed by atoms with Crippen LogP contribution < -0.4 is 11.1 Å². The minimum atomic E-state index is -0.248. The van der Waals surface area contributed by atoms with Crippen LogP contribution in [0.15, 0.2) is 73.2 Å². The Morgan fingerprint density at radius 2 is 1.92 bits per heavy atom. The fourth-order valence-corrected chi connectivity index (χ4v) is 4.82. The van der Waals surface area contributed by atoms with E-state index >= 15 is 0 Å². The molecule has 0 aliphatic carbocycles. The molecule has 9 heteroatoms. The molecule has 4 aromatic rings. The van der Waals surface area contributed by atoms with Crippen molar-refractivity contribution in [2.75, 3.05) is 18.4 Å². The molecule has 0 spiro atoms. The number of carbonyl (C=O) groups is 2. The lowest BCUT2D eigenvalue weighted by molar-refractivity contribution is -0.132. The fourth-order valence-electron chi connectivity index (χ4n) is 4.82. The van der Waals surface area contributed by atoms with Crippen LogP contribution in [0.25, 0.3) is 16.8 Å². The quantitative estimate of drug-likeness (QED) is 0.374. The molecule has 2 aromatic carbocycles. The van der Waals surface area contributed by atoms with Gasteiger partial charge < -0.3 is 10.6 Å². The molecule has 1 aliphatic rings. The summed E-state index contributed by atoms with van der Waals surface area (Å²) in [6.07, 6.45) is 9.31. The standard InChI is InChI=1S/C29H33N7O2/c1-34-18-23(17-31-34)21-8-5-9-22(16-21)28(38)33-29-32-25(20-36(29)26-12-3-2-4-13-26)11-6-14-27(37)35-15-7-10-24(30)19-35/h2-5,8-9,12-13,16-18,20,24H,6-7,10-11,14-15,19,30H2,1H3,(H,32,33,38). The number of anilines is 1. The van der Waals surface area contributed by atoms with Gasteiger partial charge in [-0.25, -0.2) is 4.98 Å². The molecular weight excluding hydrogens is 478 g/mol. The number of nitrogens with zero attached hydrogens (tertiary/aromatic N) is 5. The molecule has 1 unspecified atom stereocenters. The van der Waals surface area contributed by atoms with E-state index in [9.17, 15) is 9.59 Å². The van der Waals surface area contributed by atoms with E-state index in [0.29, 0.717) is 37.3 Å². The smallest absolute Gasteiger partial charge is 0.258 e. The topological polar surface area (TPSA) is 111 Å². The number of benzene rings is 2. The van der Waals surface area contributed by atoms with Crippen molar-refractivity contribution in [1.82, 2.24) is 24.2 Å². The van der Waals surface area contributed by atoms with Crippen LogP contribution in [0.3, 0.4) is 0 Å². The van der Waals surface area contributed by atoms with Crippen LogP contribution in [-0.4, -0.2) is 55.2 Å². The molecule has 0 radical (unpaired) electrons. The van der Waals surface area contributed by atoms with Gasteiger partial charge in [-0.15, -0.1) is 0 Å². The molecule has 9 nitrogen and oxygen atoms in total. The monoisotopic (exact) mass is 511 g/mol. The van der Waals surface area contributed by atoms with Gasteiger partial charge in [0.2, 0.25) is 11.9 Å². The largest absolute Gasteiger partial charge is 0.341 e. The van der Waals surface area contributed by atoms with Gasteiger partial charge in [0, 0.05) is 61.8 Å². The number of aromatic nitrogens is 4. The number of hydrogen-bond acceptors (Lipinski definition) is 5. The van der Waals surface area contributed by atoms with E-state index < -0.39 is 0 Å². The summed E-state index contributed by atoms with van der Waals surface area (Å²) in [5, 5.41) is 7.21. The summed E-state index contributed by atoms with van der Waals surface area (Å²) in [5.74, 6) is 0.336. The Hall–Kier alpha value is -4.24. The lowest BCUT2D eigenvalue weighted by Crippen LogP contribution is -2.45. The van der Waals surface area contributed by atoms with Crippen molar-refractivity contribution in [1.29, 1.82) is 0 Å². The number of carbonyl (C=O) groups excluding carboxylic acids is 2. The maximum Gasteiger partial charge on any atom is 0.258 e. The second-order valence-electron chi connectivity index (χ2n) is 9.79. The van der Waals surface area contributed by atoms with Crippen molar-refractivity contribution in [3.05, 3.63) is 84.4 Å². The number of imidazole rings is 1. The molecule has 3 heterocycles. The maximum absolute atomic E-state index is 13.3. The summed E-state index contributed by atoms with van der Waals surface area (Å²) >= 11 is 0. The molecule has 38 heavy (non-hydrogen) atoms. The van der Waals surface area contributed by atoms with Gasteiger partial charge in [0.15, 0.2) is 0 Å². The Labute approximate surface area is 222 Å². The van der Waals surface area contributed by atoms with Crippen molar-refractivity contribution < 1.29 is 9.59 Å².